The molecular weight excluding hydrogens is 323 g/mol. The molecule has 1 aliphatic rings. The molecule has 1 heterocycles. The summed E-state index contributed by atoms with van der Waals surface area (Å²) in [6, 6.07) is 4.86. The van der Waals surface area contributed by atoms with Crippen molar-refractivity contribution in [2.45, 2.75) is 38.3 Å². The molecule has 4 nitrogen and oxygen atoms in total. The Morgan fingerprint density at radius 1 is 1.41 bits per heavy atom. The molecule has 1 aromatic rings. The topological polar surface area (TPSA) is 64.4 Å². The molecule has 0 radical (unpaired) electrons. The summed E-state index contributed by atoms with van der Waals surface area (Å²) in [5, 5.41) is 4.19. The highest BCUT2D eigenvalue weighted by Crippen LogP contribution is 2.22. The van der Waals surface area contributed by atoms with Crippen LogP contribution in [0.4, 0.5) is 0 Å². The second-order valence-corrected chi connectivity index (χ2v) is 6.67. The third kappa shape index (κ3) is 4.85. The van der Waals surface area contributed by atoms with Gasteiger partial charge in [-0.05, 0) is 49.8 Å². The number of amides is 1. The van der Waals surface area contributed by atoms with Crippen molar-refractivity contribution in [3.05, 3.63) is 33.8 Å². The second-order valence-electron chi connectivity index (χ2n) is 5.83. The molecule has 0 saturated carbocycles. The molecule has 3 N–H and O–H groups in total. The van der Waals surface area contributed by atoms with Crippen LogP contribution in [0.3, 0.4) is 0 Å². The van der Waals surface area contributed by atoms with E-state index in [-0.39, 0.29) is 17.9 Å². The highest BCUT2D eigenvalue weighted by atomic mass is 35.5. The Kier molecular flexibility index (Phi) is 6.50. The predicted molar refractivity (Wildman–Crippen MR) is 89.3 cm³/mol. The van der Waals surface area contributed by atoms with E-state index in [1.165, 1.54) is 0 Å². The number of hydrogen-bond acceptors (Lipinski definition) is 3. The van der Waals surface area contributed by atoms with Gasteiger partial charge in [-0.15, -0.1) is 0 Å². The van der Waals surface area contributed by atoms with Gasteiger partial charge in [-0.3, -0.25) is 4.79 Å². The molecule has 0 aliphatic carbocycles. The number of carbonyl (C=O) groups excluding carboxylic acids is 1. The van der Waals surface area contributed by atoms with Crippen LogP contribution >= 0.6 is 23.2 Å². The zero-order valence-electron chi connectivity index (χ0n) is 12.6. The van der Waals surface area contributed by atoms with Crippen LogP contribution in [-0.4, -0.2) is 31.2 Å². The molecule has 2 atom stereocenters. The second kappa shape index (κ2) is 8.16. The van der Waals surface area contributed by atoms with Crippen molar-refractivity contribution in [2.75, 3.05) is 13.2 Å². The molecular formula is C16H22Cl2N2O2. The lowest BCUT2D eigenvalue weighted by atomic mass is 9.91. The monoisotopic (exact) mass is 344 g/mol. The molecule has 1 aromatic carbocycles. The fourth-order valence-corrected chi connectivity index (χ4v) is 3.18. The van der Waals surface area contributed by atoms with Crippen LogP contribution in [0.5, 0.6) is 0 Å². The van der Waals surface area contributed by atoms with Crippen molar-refractivity contribution >= 4 is 29.1 Å². The Balaban J connectivity index is 1.87. The number of nitrogens with two attached hydrogens (primary N) is 1. The summed E-state index contributed by atoms with van der Waals surface area (Å²) in [7, 11) is 0. The molecule has 0 spiro atoms. The first-order valence-corrected chi connectivity index (χ1v) is 8.30. The van der Waals surface area contributed by atoms with E-state index in [1.54, 1.807) is 12.1 Å². The van der Waals surface area contributed by atoms with E-state index in [0.29, 0.717) is 29.7 Å². The van der Waals surface area contributed by atoms with Gasteiger partial charge < -0.3 is 15.8 Å². The summed E-state index contributed by atoms with van der Waals surface area (Å²) >= 11 is 12.0. The number of benzene rings is 1. The molecule has 1 saturated heterocycles. The van der Waals surface area contributed by atoms with Gasteiger partial charge in [-0.25, -0.2) is 0 Å². The quantitative estimate of drug-likeness (QED) is 0.863. The number of carbonyl (C=O) groups is 1. The third-order valence-corrected chi connectivity index (χ3v) is 4.59. The van der Waals surface area contributed by atoms with E-state index < -0.39 is 6.04 Å². The van der Waals surface area contributed by atoms with Gasteiger partial charge in [0.05, 0.1) is 6.04 Å². The first kappa shape index (κ1) is 17.5. The van der Waals surface area contributed by atoms with Crippen LogP contribution in [0.15, 0.2) is 18.2 Å². The maximum absolute atomic E-state index is 12.3. The summed E-state index contributed by atoms with van der Waals surface area (Å²) in [6.45, 7) is 3.31. The Morgan fingerprint density at radius 2 is 2.09 bits per heavy atom. The first-order chi connectivity index (χ1) is 10.5. The SMILES string of the molecule is CC(Cc1ccc(Cl)cc1Cl)NC(=O)C(N)C1CCOCC1. The van der Waals surface area contributed by atoms with Crippen molar-refractivity contribution in [1.82, 2.24) is 5.32 Å². The molecule has 22 heavy (non-hydrogen) atoms. The summed E-state index contributed by atoms with van der Waals surface area (Å²) in [5.74, 6) is 0.0876. The minimum Gasteiger partial charge on any atom is -0.381 e. The average Bonchev–Trinajstić information content (AvgIpc) is 2.50. The zero-order valence-corrected chi connectivity index (χ0v) is 14.2. The van der Waals surface area contributed by atoms with Crippen molar-refractivity contribution in [3.8, 4) is 0 Å². The van der Waals surface area contributed by atoms with Gasteiger partial charge in [0.15, 0.2) is 0 Å². The van der Waals surface area contributed by atoms with Crippen LogP contribution in [-0.2, 0) is 16.0 Å². The smallest absolute Gasteiger partial charge is 0.237 e. The zero-order chi connectivity index (χ0) is 16.1. The summed E-state index contributed by atoms with van der Waals surface area (Å²) in [4.78, 5) is 12.3. The standard InChI is InChI=1S/C16H22Cl2N2O2/c1-10(8-12-2-3-13(17)9-14(12)18)20-16(21)15(19)11-4-6-22-7-5-11/h2-3,9-11,15H,4-8,19H2,1H3,(H,20,21). The van der Waals surface area contributed by atoms with Crippen molar-refractivity contribution in [3.63, 3.8) is 0 Å². The number of nitrogens with one attached hydrogen (secondary N) is 1. The maximum Gasteiger partial charge on any atom is 0.237 e. The maximum atomic E-state index is 12.3. The Hall–Kier alpha value is -0.810. The van der Waals surface area contributed by atoms with Gasteiger partial charge in [0.2, 0.25) is 5.91 Å². The molecule has 0 aromatic heterocycles. The van der Waals surface area contributed by atoms with Crippen LogP contribution in [0.1, 0.15) is 25.3 Å². The van der Waals surface area contributed by atoms with E-state index >= 15 is 0 Å². The Bertz CT molecular complexity index is 519. The molecule has 1 fully saturated rings. The van der Waals surface area contributed by atoms with Gasteiger partial charge in [0, 0.05) is 29.3 Å². The number of rotatable bonds is 5. The van der Waals surface area contributed by atoms with Gasteiger partial charge in [-0.1, -0.05) is 29.3 Å². The summed E-state index contributed by atoms with van der Waals surface area (Å²) in [5.41, 5.74) is 7.03. The van der Waals surface area contributed by atoms with E-state index in [4.69, 9.17) is 33.7 Å². The van der Waals surface area contributed by atoms with Crippen LogP contribution in [0, 0.1) is 5.92 Å². The van der Waals surface area contributed by atoms with E-state index in [0.717, 1.165) is 18.4 Å². The van der Waals surface area contributed by atoms with E-state index in [2.05, 4.69) is 5.32 Å². The van der Waals surface area contributed by atoms with Gasteiger partial charge in [0.25, 0.3) is 0 Å². The molecule has 6 heteroatoms. The molecule has 0 bridgehead atoms. The number of halogens is 2. The Labute approximate surface area is 141 Å². The third-order valence-electron chi connectivity index (χ3n) is 4.01. The minimum absolute atomic E-state index is 0.0444. The fourth-order valence-electron chi connectivity index (χ4n) is 2.70. The van der Waals surface area contributed by atoms with E-state index in [9.17, 15) is 4.79 Å². The van der Waals surface area contributed by atoms with Crippen LogP contribution < -0.4 is 11.1 Å². The molecule has 1 aliphatic heterocycles. The normalized spacial score (nSPS) is 18.7. The summed E-state index contributed by atoms with van der Waals surface area (Å²) in [6.07, 6.45) is 2.32. The Morgan fingerprint density at radius 3 is 2.73 bits per heavy atom. The van der Waals surface area contributed by atoms with Crippen LogP contribution in [0.2, 0.25) is 10.0 Å². The lowest BCUT2D eigenvalue weighted by Gasteiger charge is -2.28. The highest BCUT2D eigenvalue weighted by Gasteiger charge is 2.27. The highest BCUT2D eigenvalue weighted by molar-refractivity contribution is 6.35. The average molecular weight is 345 g/mol. The fraction of sp³-hybridized carbons (Fsp3) is 0.562. The molecule has 1 amide bonds. The largest absolute Gasteiger partial charge is 0.381 e. The molecule has 122 valence electrons. The van der Waals surface area contributed by atoms with E-state index in [1.807, 2.05) is 13.0 Å². The number of ether oxygens (including phenoxy) is 1. The van der Waals surface area contributed by atoms with Gasteiger partial charge in [-0.2, -0.15) is 0 Å². The van der Waals surface area contributed by atoms with Gasteiger partial charge in [0.1, 0.15) is 0 Å². The number of hydrogen-bond donors (Lipinski definition) is 2. The lowest BCUT2D eigenvalue weighted by Crippen LogP contribution is -2.49. The van der Waals surface area contributed by atoms with Crippen LogP contribution in [0.25, 0.3) is 0 Å². The van der Waals surface area contributed by atoms with Crippen molar-refractivity contribution in [1.29, 1.82) is 0 Å². The lowest BCUT2D eigenvalue weighted by molar-refractivity contribution is -0.124. The van der Waals surface area contributed by atoms with Gasteiger partial charge >= 0.3 is 0 Å². The predicted octanol–water partition coefficient (Wildman–Crippen LogP) is 2.79. The van der Waals surface area contributed by atoms with Crippen molar-refractivity contribution < 1.29 is 9.53 Å². The molecule has 2 rings (SSSR count). The summed E-state index contributed by atoms with van der Waals surface area (Å²) < 4.78 is 5.30. The molecule has 2 unspecified atom stereocenters. The first-order valence-electron chi connectivity index (χ1n) is 7.55. The minimum atomic E-state index is -0.480. The van der Waals surface area contributed by atoms with Crippen molar-refractivity contribution in [2.24, 2.45) is 11.7 Å².